The first-order valence-corrected chi connectivity index (χ1v) is 7.89. The second kappa shape index (κ2) is 8.54. The van der Waals surface area contributed by atoms with Crippen LogP contribution in [0.15, 0.2) is 24.3 Å². The highest BCUT2D eigenvalue weighted by molar-refractivity contribution is 5.89. The van der Waals surface area contributed by atoms with Crippen molar-refractivity contribution in [3.63, 3.8) is 0 Å². The first-order valence-electron chi connectivity index (χ1n) is 7.89. The minimum absolute atomic E-state index is 0.213. The summed E-state index contributed by atoms with van der Waals surface area (Å²) >= 11 is 0. The molecule has 7 heteroatoms. The van der Waals surface area contributed by atoms with Gasteiger partial charge in [0.25, 0.3) is 0 Å². The lowest BCUT2D eigenvalue weighted by molar-refractivity contribution is -0.453. The van der Waals surface area contributed by atoms with E-state index in [1.165, 1.54) is 19.2 Å². The Morgan fingerprint density at radius 1 is 1.04 bits per heavy atom. The first-order chi connectivity index (χ1) is 11.5. The fourth-order valence-electron chi connectivity index (χ4n) is 2.81. The Morgan fingerprint density at radius 2 is 1.75 bits per heavy atom. The normalized spacial score (nSPS) is 23.2. The molecule has 3 atom stereocenters. The summed E-state index contributed by atoms with van der Waals surface area (Å²) in [6, 6.07) is 6.18. The highest BCUT2D eigenvalue weighted by atomic mass is 17.5. The van der Waals surface area contributed by atoms with Gasteiger partial charge in [0.05, 0.1) is 17.7 Å². The number of benzene rings is 1. The summed E-state index contributed by atoms with van der Waals surface area (Å²) < 4.78 is 10.2. The molecule has 0 radical (unpaired) electrons. The van der Waals surface area contributed by atoms with E-state index in [-0.39, 0.29) is 17.6 Å². The predicted octanol–water partition coefficient (Wildman–Crippen LogP) is 3.68. The van der Waals surface area contributed by atoms with Crippen LogP contribution in [0.4, 0.5) is 4.79 Å². The van der Waals surface area contributed by atoms with Crippen molar-refractivity contribution in [1.29, 1.82) is 0 Å². The van der Waals surface area contributed by atoms with E-state index in [0.717, 1.165) is 19.3 Å². The molecule has 24 heavy (non-hydrogen) atoms. The van der Waals surface area contributed by atoms with Gasteiger partial charge in [-0.2, -0.15) is 0 Å². The average Bonchev–Trinajstić information content (AvgIpc) is 2.57. The summed E-state index contributed by atoms with van der Waals surface area (Å²) in [5.41, 5.74) is 0.225. The molecule has 3 unspecified atom stereocenters. The molecule has 0 heterocycles. The summed E-state index contributed by atoms with van der Waals surface area (Å²) in [5.74, 6) is 0.675. The maximum absolute atomic E-state index is 11.7. The number of hydrogen-bond donors (Lipinski definition) is 0. The maximum Gasteiger partial charge on any atom is 0.543 e. The van der Waals surface area contributed by atoms with Crippen LogP contribution in [0.2, 0.25) is 0 Å². The zero-order valence-electron chi connectivity index (χ0n) is 14.0. The van der Waals surface area contributed by atoms with E-state index >= 15 is 0 Å². The molecular formula is C17H22O7. The van der Waals surface area contributed by atoms with Crippen molar-refractivity contribution in [3.8, 4) is 5.75 Å². The molecule has 2 rings (SSSR count). The Bertz CT molecular complexity index is 555. The van der Waals surface area contributed by atoms with Crippen molar-refractivity contribution < 1.29 is 33.9 Å². The van der Waals surface area contributed by atoms with Crippen LogP contribution in [0.5, 0.6) is 5.75 Å². The zero-order valence-corrected chi connectivity index (χ0v) is 14.0. The maximum atomic E-state index is 11.7. The molecule has 0 saturated heterocycles. The van der Waals surface area contributed by atoms with Crippen LogP contribution >= 0.6 is 0 Å². The predicted molar refractivity (Wildman–Crippen MR) is 83.0 cm³/mol. The van der Waals surface area contributed by atoms with E-state index in [1.807, 2.05) is 6.92 Å². The van der Waals surface area contributed by atoms with Gasteiger partial charge in [0.2, 0.25) is 0 Å². The van der Waals surface area contributed by atoms with Gasteiger partial charge in [-0.15, -0.1) is 0 Å². The minimum atomic E-state index is -1.02. The quantitative estimate of drug-likeness (QED) is 0.460. The smallest absolute Gasteiger partial charge is 0.497 e. The Hall–Kier alpha value is -2.28. The number of ether oxygens (including phenoxy) is 2. The Balaban J connectivity index is 1.71. The topological polar surface area (TPSA) is 80.3 Å². The second-order valence-corrected chi connectivity index (χ2v) is 6.05. The number of rotatable bonds is 5. The lowest BCUT2D eigenvalue weighted by Gasteiger charge is -2.31. The van der Waals surface area contributed by atoms with Gasteiger partial charge in [0.1, 0.15) is 11.9 Å². The molecule has 0 aromatic heterocycles. The third-order valence-corrected chi connectivity index (χ3v) is 4.14. The molecule has 0 bridgehead atoms. The zero-order chi connectivity index (χ0) is 17.5. The van der Waals surface area contributed by atoms with Gasteiger partial charge in [-0.3, -0.25) is 4.89 Å². The molecule has 1 aromatic carbocycles. The SMILES string of the molecule is COc1ccc(C(=O)OOOC(=O)OC2CCC(C)CC2C)cc1. The molecule has 0 amide bonds. The monoisotopic (exact) mass is 338 g/mol. The van der Waals surface area contributed by atoms with E-state index in [0.29, 0.717) is 11.7 Å². The molecule has 1 aliphatic carbocycles. The third-order valence-electron chi connectivity index (χ3n) is 4.14. The largest absolute Gasteiger partial charge is 0.543 e. The molecule has 0 N–H and O–H groups in total. The van der Waals surface area contributed by atoms with Crippen molar-refractivity contribution in [2.24, 2.45) is 11.8 Å². The first kappa shape index (κ1) is 18.1. The highest BCUT2D eigenvalue weighted by Crippen LogP contribution is 2.30. The van der Waals surface area contributed by atoms with Gasteiger partial charge in [0.15, 0.2) is 0 Å². The summed E-state index contributed by atoms with van der Waals surface area (Å²) in [7, 11) is 1.52. The van der Waals surface area contributed by atoms with Gasteiger partial charge in [-0.1, -0.05) is 13.8 Å². The lowest BCUT2D eigenvalue weighted by Crippen LogP contribution is -2.31. The third kappa shape index (κ3) is 5.13. The molecule has 1 aromatic rings. The summed E-state index contributed by atoms with van der Waals surface area (Å²) in [6.07, 6.45) is 1.53. The van der Waals surface area contributed by atoms with Crippen molar-refractivity contribution >= 4 is 12.1 Å². The fourth-order valence-corrected chi connectivity index (χ4v) is 2.81. The molecule has 7 nitrogen and oxygen atoms in total. The minimum Gasteiger partial charge on any atom is -0.497 e. The summed E-state index contributed by atoms with van der Waals surface area (Å²) in [6.45, 7) is 4.20. The van der Waals surface area contributed by atoms with Crippen LogP contribution in [-0.2, 0) is 19.6 Å². The molecule has 1 fully saturated rings. The average molecular weight is 338 g/mol. The van der Waals surface area contributed by atoms with E-state index in [2.05, 4.69) is 21.7 Å². The van der Waals surface area contributed by atoms with E-state index in [1.54, 1.807) is 12.1 Å². The van der Waals surface area contributed by atoms with Crippen molar-refractivity contribution in [1.82, 2.24) is 0 Å². The van der Waals surface area contributed by atoms with Crippen LogP contribution in [0.3, 0.4) is 0 Å². The van der Waals surface area contributed by atoms with Crippen LogP contribution in [-0.4, -0.2) is 25.3 Å². The molecule has 132 valence electrons. The lowest BCUT2D eigenvalue weighted by atomic mass is 9.81. The highest BCUT2D eigenvalue weighted by Gasteiger charge is 2.29. The van der Waals surface area contributed by atoms with Crippen LogP contribution in [0.25, 0.3) is 0 Å². The number of carbonyl (C=O) groups is 2. The Morgan fingerprint density at radius 3 is 2.38 bits per heavy atom. The van der Waals surface area contributed by atoms with Crippen molar-refractivity contribution in [2.45, 2.75) is 39.2 Å². The van der Waals surface area contributed by atoms with Crippen LogP contribution < -0.4 is 4.74 Å². The van der Waals surface area contributed by atoms with Gasteiger partial charge < -0.3 is 9.47 Å². The summed E-state index contributed by atoms with van der Waals surface area (Å²) in [5, 5.41) is 4.21. The van der Waals surface area contributed by atoms with Crippen LogP contribution in [0, 0.1) is 11.8 Å². The number of methoxy groups -OCH3 is 1. The van der Waals surface area contributed by atoms with Crippen LogP contribution in [0.1, 0.15) is 43.5 Å². The van der Waals surface area contributed by atoms with Gasteiger partial charge in [-0.25, -0.2) is 14.5 Å². The molecule has 0 spiro atoms. The molecule has 0 aliphatic heterocycles. The Labute approximate surface area is 140 Å². The summed E-state index contributed by atoms with van der Waals surface area (Å²) in [4.78, 5) is 32.0. The van der Waals surface area contributed by atoms with Gasteiger partial charge >= 0.3 is 12.1 Å². The number of carbonyl (C=O) groups excluding carboxylic acids is 2. The van der Waals surface area contributed by atoms with E-state index < -0.39 is 12.1 Å². The fraction of sp³-hybridized carbons (Fsp3) is 0.529. The molecule has 1 saturated carbocycles. The number of hydrogen-bond acceptors (Lipinski definition) is 7. The van der Waals surface area contributed by atoms with Gasteiger partial charge in [0, 0.05) is 0 Å². The van der Waals surface area contributed by atoms with Gasteiger partial charge in [-0.05, 0) is 55.4 Å². The van der Waals surface area contributed by atoms with E-state index in [9.17, 15) is 9.59 Å². The van der Waals surface area contributed by atoms with E-state index in [4.69, 9.17) is 9.47 Å². The second-order valence-electron chi connectivity index (χ2n) is 6.05. The standard InChI is InChI=1S/C17H22O7/c1-11-4-9-15(12(2)10-11)21-17(19)23-24-22-16(18)13-5-7-14(20-3)8-6-13/h5-8,11-12,15H,4,9-10H2,1-3H3. The molecule has 1 aliphatic rings. The Kier molecular flexibility index (Phi) is 6.43. The van der Waals surface area contributed by atoms with Crippen molar-refractivity contribution in [3.05, 3.63) is 29.8 Å². The van der Waals surface area contributed by atoms with Crippen molar-refractivity contribution in [2.75, 3.05) is 7.11 Å². The molecular weight excluding hydrogens is 316 g/mol.